The van der Waals surface area contributed by atoms with Gasteiger partial charge in [0.15, 0.2) is 0 Å². The molecule has 0 aliphatic rings. The normalized spacial score (nSPS) is 12.3. The lowest BCUT2D eigenvalue weighted by molar-refractivity contribution is 0.632. The molecule has 0 bridgehead atoms. The highest BCUT2D eigenvalue weighted by molar-refractivity contribution is 9.10. The van der Waals surface area contributed by atoms with Crippen LogP contribution < -0.4 is 5.69 Å². The Balaban J connectivity index is 2.18. The van der Waals surface area contributed by atoms with Crippen molar-refractivity contribution >= 4 is 15.9 Å². The van der Waals surface area contributed by atoms with Gasteiger partial charge in [0.2, 0.25) is 0 Å². The highest BCUT2D eigenvalue weighted by atomic mass is 79.9. The second-order valence-electron chi connectivity index (χ2n) is 4.96. The molecule has 0 radical (unpaired) electrons. The summed E-state index contributed by atoms with van der Waals surface area (Å²) in [6.07, 6.45) is 3.62. The van der Waals surface area contributed by atoms with Gasteiger partial charge in [-0.15, -0.1) is 0 Å². The van der Waals surface area contributed by atoms with Gasteiger partial charge in [-0.3, -0.25) is 4.57 Å². The van der Waals surface area contributed by atoms with Crippen molar-refractivity contribution in [3.05, 3.63) is 93.1 Å². The van der Waals surface area contributed by atoms with E-state index in [9.17, 15) is 4.79 Å². The standard InChI is InChI=1S/C17H15BrN2O/c1-19-11-12-20(17(19)21)16(13-5-3-2-4-6-13)14-7-9-15(18)10-8-14/h2-12,16H,1H3. The van der Waals surface area contributed by atoms with Crippen LogP contribution in [0.5, 0.6) is 0 Å². The van der Waals surface area contributed by atoms with Gasteiger partial charge < -0.3 is 4.57 Å². The summed E-state index contributed by atoms with van der Waals surface area (Å²) in [5.41, 5.74) is 2.15. The number of hydrogen-bond donors (Lipinski definition) is 0. The van der Waals surface area contributed by atoms with Gasteiger partial charge in [-0.1, -0.05) is 58.4 Å². The summed E-state index contributed by atoms with van der Waals surface area (Å²) in [6, 6.07) is 18.0. The maximum atomic E-state index is 12.3. The Bertz CT molecular complexity index is 788. The summed E-state index contributed by atoms with van der Waals surface area (Å²) >= 11 is 3.45. The number of halogens is 1. The molecule has 21 heavy (non-hydrogen) atoms. The van der Waals surface area contributed by atoms with E-state index in [0.717, 1.165) is 15.6 Å². The number of aryl methyl sites for hydroxylation is 1. The van der Waals surface area contributed by atoms with Crippen molar-refractivity contribution in [2.75, 3.05) is 0 Å². The molecule has 0 N–H and O–H groups in total. The molecule has 1 heterocycles. The average molecular weight is 343 g/mol. The molecule has 0 saturated heterocycles. The van der Waals surface area contributed by atoms with Gasteiger partial charge in [0, 0.05) is 23.9 Å². The zero-order valence-electron chi connectivity index (χ0n) is 11.6. The Hall–Kier alpha value is -2.07. The fraction of sp³-hybridized carbons (Fsp3) is 0.118. The quantitative estimate of drug-likeness (QED) is 0.714. The molecule has 0 spiro atoms. The van der Waals surface area contributed by atoms with E-state index in [2.05, 4.69) is 15.9 Å². The minimum absolute atomic E-state index is 0.0215. The lowest BCUT2D eigenvalue weighted by Gasteiger charge is -2.19. The summed E-state index contributed by atoms with van der Waals surface area (Å²) in [5.74, 6) is 0. The van der Waals surface area contributed by atoms with E-state index in [1.54, 1.807) is 22.4 Å². The molecule has 3 rings (SSSR count). The van der Waals surface area contributed by atoms with E-state index < -0.39 is 0 Å². The van der Waals surface area contributed by atoms with Crippen LogP contribution in [0.15, 0.2) is 76.3 Å². The number of nitrogens with zero attached hydrogens (tertiary/aromatic N) is 2. The number of rotatable bonds is 3. The summed E-state index contributed by atoms with van der Waals surface area (Å²) in [5, 5.41) is 0. The fourth-order valence-corrected chi connectivity index (χ4v) is 2.74. The first-order valence-electron chi connectivity index (χ1n) is 6.70. The molecule has 0 aliphatic carbocycles. The van der Waals surface area contributed by atoms with Gasteiger partial charge in [0.25, 0.3) is 0 Å². The Morgan fingerprint density at radius 2 is 1.52 bits per heavy atom. The predicted octanol–water partition coefficient (Wildman–Crippen LogP) is 3.59. The lowest BCUT2D eigenvalue weighted by Crippen LogP contribution is -2.27. The second-order valence-corrected chi connectivity index (χ2v) is 5.88. The first-order chi connectivity index (χ1) is 10.2. The summed E-state index contributed by atoms with van der Waals surface area (Å²) < 4.78 is 4.38. The summed E-state index contributed by atoms with van der Waals surface area (Å²) in [4.78, 5) is 12.3. The number of hydrogen-bond acceptors (Lipinski definition) is 1. The van der Waals surface area contributed by atoms with E-state index in [4.69, 9.17) is 0 Å². The van der Waals surface area contributed by atoms with Crippen LogP contribution in [0.2, 0.25) is 0 Å². The molecule has 4 heteroatoms. The maximum Gasteiger partial charge on any atom is 0.328 e. The smallest absolute Gasteiger partial charge is 0.302 e. The van der Waals surface area contributed by atoms with Crippen LogP contribution in [0.25, 0.3) is 0 Å². The van der Waals surface area contributed by atoms with Crippen molar-refractivity contribution < 1.29 is 0 Å². The van der Waals surface area contributed by atoms with Gasteiger partial charge in [0.05, 0.1) is 6.04 Å². The van der Waals surface area contributed by atoms with Crippen molar-refractivity contribution in [3.8, 4) is 0 Å². The van der Waals surface area contributed by atoms with Crippen molar-refractivity contribution in [1.29, 1.82) is 0 Å². The van der Waals surface area contributed by atoms with E-state index in [1.165, 1.54) is 0 Å². The van der Waals surface area contributed by atoms with Crippen molar-refractivity contribution in [1.82, 2.24) is 9.13 Å². The maximum absolute atomic E-state index is 12.3. The predicted molar refractivity (Wildman–Crippen MR) is 87.5 cm³/mol. The van der Waals surface area contributed by atoms with Crippen LogP contribution in [0, 0.1) is 0 Å². The molecule has 1 unspecified atom stereocenters. The molecule has 3 nitrogen and oxygen atoms in total. The van der Waals surface area contributed by atoms with Crippen LogP contribution in [-0.4, -0.2) is 9.13 Å². The van der Waals surface area contributed by atoms with Gasteiger partial charge in [-0.05, 0) is 23.3 Å². The van der Waals surface area contributed by atoms with Crippen LogP contribution in [-0.2, 0) is 7.05 Å². The van der Waals surface area contributed by atoms with Crippen LogP contribution in [0.1, 0.15) is 17.2 Å². The first-order valence-corrected chi connectivity index (χ1v) is 7.50. The molecule has 0 fully saturated rings. The van der Waals surface area contributed by atoms with Crippen LogP contribution in [0.4, 0.5) is 0 Å². The lowest BCUT2D eigenvalue weighted by atomic mass is 9.99. The monoisotopic (exact) mass is 342 g/mol. The number of benzene rings is 2. The zero-order valence-corrected chi connectivity index (χ0v) is 13.2. The first kappa shape index (κ1) is 13.9. The third-order valence-electron chi connectivity index (χ3n) is 3.55. The van der Waals surface area contributed by atoms with E-state index in [0.29, 0.717) is 0 Å². The topological polar surface area (TPSA) is 26.9 Å². The molecule has 1 aromatic heterocycles. The van der Waals surface area contributed by atoms with E-state index in [-0.39, 0.29) is 11.7 Å². The van der Waals surface area contributed by atoms with Crippen molar-refractivity contribution in [3.63, 3.8) is 0 Å². The zero-order chi connectivity index (χ0) is 14.8. The van der Waals surface area contributed by atoms with Gasteiger partial charge >= 0.3 is 5.69 Å². The molecule has 0 amide bonds. The largest absolute Gasteiger partial charge is 0.328 e. The molecule has 0 aliphatic heterocycles. The molecule has 3 aromatic rings. The highest BCUT2D eigenvalue weighted by Crippen LogP contribution is 2.26. The third-order valence-corrected chi connectivity index (χ3v) is 4.08. The van der Waals surface area contributed by atoms with Crippen LogP contribution in [0.3, 0.4) is 0 Å². The third kappa shape index (κ3) is 2.72. The molecule has 1 atom stereocenters. The van der Waals surface area contributed by atoms with Gasteiger partial charge in [-0.25, -0.2) is 4.79 Å². The van der Waals surface area contributed by atoms with Crippen molar-refractivity contribution in [2.24, 2.45) is 7.05 Å². The fourth-order valence-electron chi connectivity index (χ4n) is 2.47. The van der Waals surface area contributed by atoms with Crippen molar-refractivity contribution in [2.45, 2.75) is 6.04 Å². The minimum atomic E-state index is -0.118. The molecule has 0 saturated carbocycles. The Kier molecular flexibility index (Phi) is 3.80. The second kappa shape index (κ2) is 5.74. The van der Waals surface area contributed by atoms with E-state index in [1.807, 2.05) is 60.8 Å². The van der Waals surface area contributed by atoms with Gasteiger partial charge in [0.1, 0.15) is 0 Å². The average Bonchev–Trinajstić information content (AvgIpc) is 2.83. The Morgan fingerprint density at radius 3 is 2.10 bits per heavy atom. The minimum Gasteiger partial charge on any atom is -0.302 e. The summed E-state index contributed by atoms with van der Waals surface area (Å²) in [6.45, 7) is 0. The molecule has 2 aromatic carbocycles. The molecular formula is C17H15BrN2O. The Labute approximate surface area is 131 Å². The molecule has 106 valence electrons. The SMILES string of the molecule is Cn1ccn(C(c2ccccc2)c2ccc(Br)cc2)c1=O. The summed E-state index contributed by atoms with van der Waals surface area (Å²) in [7, 11) is 1.77. The van der Waals surface area contributed by atoms with Crippen LogP contribution >= 0.6 is 15.9 Å². The highest BCUT2D eigenvalue weighted by Gasteiger charge is 2.18. The molecular weight excluding hydrogens is 328 g/mol. The number of imidazole rings is 1. The number of aromatic nitrogens is 2. The van der Waals surface area contributed by atoms with E-state index >= 15 is 0 Å². The Morgan fingerprint density at radius 1 is 0.905 bits per heavy atom. The van der Waals surface area contributed by atoms with Gasteiger partial charge in [-0.2, -0.15) is 0 Å².